The maximum absolute atomic E-state index is 5.60. The molecule has 4 aromatic rings. The van der Waals surface area contributed by atoms with E-state index in [4.69, 9.17) is 14.5 Å². The number of hydrogen-bond acceptors (Lipinski definition) is 8. The van der Waals surface area contributed by atoms with E-state index in [1.54, 1.807) is 14.2 Å². The van der Waals surface area contributed by atoms with E-state index < -0.39 is 0 Å². The van der Waals surface area contributed by atoms with Gasteiger partial charge in [0.05, 0.1) is 19.9 Å². The van der Waals surface area contributed by atoms with Crippen LogP contribution in [0, 0.1) is 0 Å². The van der Waals surface area contributed by atoms with Gasteiger partial charge >= 0.3 is 0 Å². The Balaban J connectivity index is 1.34. The van der Waals surface area contributed by atoms with E-state index in [0.29, 0.717) is 12.5 Å². The minimum absolute atomic E-state index is 0.602. The molecular weight excluding hydrogens is 524 g/mol. The second-order valence-electron chi connectivity index (χ2n) is 11.0. The van der Waals surface area contributed by atoms with E-state index in [1.165, 1.54) is 35.8 Å². The van der Waals surface area contributed by atoms with Crippen LogP contribution in [-0.4, -0.2) is 86.8 Å². The van der Waals surface area contributed by atoms with Gasteiger partial charge in [0, 0.05) is 55.6 Å². The van der Waals surface area contributed by atoms with E-state index in [0.717, 1.165) is 67.6 Å². The van der Waals surface area contributed by atoms with Crippen LogP contribution >= 0.6 is 0 Å². The molecule has 0 amide bonds. The van der Waals surface area contributed by atoms with Gasteiger partial charge in [0.1, 0.15) is 11.5 Å². The number of piperazine rings is 1. The van der Waals surface area contributed by atoms with Crippen LogP contribution in [0.25, 0.3) is 22.0 Å². The molecule has 1 aromatic heterocycles. The topological polar surface area (TPSA) is 66.0 Å². The minimum atomic E-state index is 0.602. The fourth-order valence-electron chi connectivity index (χ4n) is 5.69. The number of hydrogen-bond donors (Lipinski definition) is 1. The molecule has 3 aromatic carbocycles. The average Bonchev–Trinajstić information content (AvgIpc) is 3.03. The number of anilines is 2. The number of ether oxygens (including phenoxy) is 2. The Labute approximate surface area is 250 Å². The second kappa shape index (κ2) is 14.3. The predicted molar refractivity (Wildman–Crippen MR) is 173 cm³/mol. The molecule has 0 bridgehead atoms. The van der Waals surface area contributed by atoms with Crippen LogP contribution in [0.15, 0.2) is 66.9 Å². The molecule has 0 saturated carbocycles. The van der Waals surface area contributed by atoms with E-state index in [2.05, 4.69) is 69.3 Å². The summed E-state index contributed by atoms with van der Waals surface area (Å²) in [7, 11) is 5.64. The molecule has 1 saturated heterocycles. The van der Waals surface area contributed by atoms with Gasteiger partial charge in [0.2, 0.25) is 5.95 Å². The summed E-state index contributed by atoms with van der Waals surface area (Å²) in [6.07, 6.45) is 4.25. The number of benzene rings is 3. The Hall–Kier alpha value is -3.88. The van der Waals surface area contributed by atoms with Gasteiger partial charge in [-0.1, -0.05) is 25.1 Å². The third-order valence-electron chi connectivity index (χ3n) is 8.01. The Morgan fingerprint density at radius 1 is 0.905 bits per heavy atom. The van der Waals surface area contributed by atoms with Crippen molar-refractivity contribution in [2.24, 2.45) is 0 Å². The summed E-state index contributed by atoms with van der Waals surface area (Å²) in [5.74, 6) is 2.31. The van der Waals surface area contributed by atoms with Gasteiger partial charge in [-0.15, -0.1) is 0 Å². The van der Waals surface area contributed by atoms with Crippen LogP contribution in [0.3, 0.4) is 0 Å². The van der Waals surface area contributed by atoms with Crippen molar-refractivity contribution in [3.63, 3.8) is 0 Å². The van der Waals surface area contributed by atoms with Gasteiger partial charge in [-0.2, -0.15) is 0 Å². The highest BCUT2D eigenvalue weighted by molar-refractivity contribution is 5.98. The maximum atomic E-state index is 5.60. The Morgan fingerprint density at radius 2 is 1.71 bits per heavy atom. The molecule has 222 valence electrons. The summed E-state index contributed by atoms with van der Waals surface area (Å²) in [5, 5.41) is 5.76. The fourth-order valence-corrected chi connectivity index (χ4v) is 5.69. The quantitative estimate of drug-likeness (QED) is 0.218. The molecule has 1 N–H and O–H groups in total. The molecule has 0 radical (unpaired) electrons. The lowest BCUT2D eigenvalue weighted by atomic mass is 10.0. The largest absolute Gasteiger partial charge is 0.497 e. The highest BCUT2D eigenvalue weighted by Crippen LogP contribution is 2.35. The van der Waals surface area contributed by atoms with Crippen LogP contribution in [-0.2, 0) is 6.54 Å². The van der Waals surface area contributed by atoms with Gasteiger partial charge in [-0.25, -0.2) is 9.97 Å². The Morgan fingerprint density at radius 3 is 2.50 bits per heavy atom. The van der Waals surface area contributed by atoms with E-state index in [9.17, 15) is 0 Å². The molecular formula is C34H44N6O2. The second-order valence-corrected chi connectivity index (χ2v) is 11.0. The molecule has 42 heavy (non-hydrogen) atoms. The highest BCUT2D eigenvalue weighted by Gasteiger charge is 2.20. The van der Waals surface area contributed by atoms with Crippen molar-refractivity contribution in [1.82, 2.24) is 19.8 Å². The first-order valence-corrected chi connectivity index (χ1v) is 15.0. The predicted octanol–water partition coefficient (Wildman–Crippen LogP) is 5.78. The first kappa shape index (κ1) is 29.6. The Kier molecular flexibility index (Phi) is 10.1. The van der Waals surface area contributed by atoms with Crippen molar-refractivity contribution in [2.45, 2.75) is 26.3 Å². The monoisotopic (exact) mass is 568 g/mol. The van der Waals surface area contributed by atoms with E-state index in [-0.39, 0.29) is 0 Å². The van der Waals surface area contributed by atoms with Crippen LogP contribution in [0.1, 0.15) is 25.3 Å². The Bertz CT molecular complexity index is 1450. The van der Waals surface area contributed by atoms with Gasteiger partial charge in [0.15, 0.2) is 0 Å². The number of rotatable bonds is 13. The lowest BCUT2D eigenvalue weighted by molar-refractivity contribution is 0.234. The lowest BCUT2D eigenvalue weighted by Gasteiger charge is -2.37. The summed E-state index contributed by atoms with van der Waals surface area (Å²) in [6.45, 7) is 10.5. The summed E-state index contributed by atoms with van der Waals surface area (Å²) in [5.41, 5.74) is 4.31. The number of aromatic nitrogens is 2. The average molecular weight is 569 g/mol. The number of nitrogens with one attached hydrogen (secondary N) is 1. The van der Waals surface area contributed by atoms with Crippen molar-refractivity contribution in [3.05, 3.63) is 72.4 Å². The van der Waals surface area contributed by atoms with Gasteiger partial charge < -0.3 is 24.6 Å². The third-order valence-corrected chi connectivity index (χ3v) is 8.01. The summed E-state index contributed by atoms with van der Waals surface area (Å²) >= 11 is 0. The first-order chi connectivity index (χ1) is 20.6. The molecule has 8 heteroatoms. The molecule has 1 aliphatic rings. The van der Waals surface area contributed by atoms with Crippen molar-refractivity contribution in [3.8, 4) is 22.8 Å². The number of fused-ring (bicyclic) bond motifs is 1. The number of nitrogens with zero attached hydrogens (tertiary/aromatic N) is 5. The lowest BCUT2D eigenvalue weighted by Crippen LogP contribution is -2.47. The van der Waals surface area contributed by atoms with Crippen LogP contribution < -0.4 is 19.7 Å². The summed E-state index contributed by atoms with van der Waals surface area (Å²) in [4.78, 5) is 16.9. The molecule has 0 spiro atoms. The fraction of sp³-hybridized carbons (Fsp3) is 0.412. The van der Waals surface area contributed by atoms with Crippen LogP contribution in [0.4, 0.5) is 11.6 Å². The molecule has 0 unspecified atom stereocenters. The molecule has 0 aliphatic carbocycles. The molecule has 2 heterocycles. The molecule has 1 aliphatic heterocycles. The van der Waals surface area contributed by atoms with Crippen LogP contribution in [0.2, 0.25) is 0 Å². The van der Waals surface area contributed by atoms with Gasteiger partial charge in [-0.05, 0) is 92.9 Å². The zero-order valence-electron chi connectivity index (χ0n) is 25.5. The van der Waals surface area contributed by atoms with Crippen molar-refractivity contribution in [1.29, 1.82) is 0 Å². The summed E-state index contributed by atoms with van der Waals surface area (Å²) < 4.78 is 11.0. The zero-order chi connectivity index (χ0) is 29.3. The maximum Gasteiger partial charge on any atom is 0.223 e. The highest BCUT2D eigenvalue weighted by atomic mass is 16.5. The van der Waals surface area contributed by atoms with E-state index in [1.807, 2.05) is 36.5 Å². The van der Waals surface area contributed by atoms with Crippen LogP contribution in [0.5, 0.6) is 11.5 Å². The molecule has 8 nitrogen and oxygen atoms in total. The van der Waals surface area contributed by atoms with Crippen molar-refractivity contribution >= 4 is 22.4 Å². The van der Waals surface area contributed by atoms with Crippen molar-refractivity contribution < 1.29 is 9.47 Å². The first-order valence-electron chi connectivity index (χ1n) is 15.0. The minimum Gasteiger partial charge on any atom is -0.497 e. The summed E-state index contributed by atoms with van der Waals surface area (Å²) in [6, 6.07) is 20.8. The molecule has 5 rings (SSSR count). The normalized spacial score (nSPS) is 14.0. The van der Waals surface area contributed by atoms with E-state index >= 15 is 0 Å². The standard InChI is InChI=1S/C34H44N6O2/c1-5-14-38(2)15-7-16-39-17-19-40(20-18-39)33-23-28(22-27-10-11-30(42-4)24-31(27)33)32-12-13-35-34(37-32)36-25-26-8-6-9-29(21-26)41-3/h6,8-13,21-24H,5,7,14-20,25H2,1-4H3,(H,35,36,37). The van der Waals surface area contributed by atoms with Crippen molar-refractivity contribution in [2.75, 3.05) is 77.3 Å². The van der Waals surface area contributed by atoms with Gasteiger partial charge in [0.25, 0.3) is 0 Å². The molecule has 0 atom stereocenters. The smallest absolute Gasteiger partial charge is 0.223 e. The molecule has 1 fully saturated rings. The number of methoxy groups -OCH3 is 2. The SMILES string of the molecule is CCCN(C)CCCN1CCN(c2cc(-c3ccnc(NCc4cccc(OC)c4)n3)cc3ccc(OC)cc23)CC1. The zero-order valence-corrected chi connectivity index (χ0v) is 25.5. The third kappa shape index (κ3) is 7.49. The van der Waals surface area contributed by atoms with Gasteiger partial charge in [-0.3, -0.25) is 4.90 Å².